The van der Waals surface area contributed by atoms with Crippen LogP contribution in [0.3, 0.4) is 0 Å². The van der Waals surface area contributed by atoms with Crippen molar-refractivity contribution in [1.29, 1.82) is 0 Å². The van der Waals surface area contributed by atoms with E-state index in [9.17, 15) is 4.39 Å². The fourth-order valence-corrected chi connectivity index (χ4v) is 3.10. The van der Waals surface area contributed by atoms with Gasteiger partial charge in [0.25, 0.3) is 0 Å². The summed E-state index contributed by atoms with van der Waals surface area (Å²) in [5.41, 5.74) is 6.58. The lowest BCUT2D eigenvalue weighted by molar-refractivity contribution is 0.595. The number of hydrogen-bond donors (Lipinski definition) is 1. The molecule has 0 saturated heterocycles. The molecule has 1 nitrogen and oxygen atoms in total. The van der Waals surface area contributed by atoms with Crippen LogP contribution in [0.4, 0.5) is 4.39 Å². The maximum Gasteiger partial charge on any atom is 0.128 e. The summed E-state index contributed by atoms with van der Waals surface area (Å²) < 4.78 is 14.6. The molecule has 0 aliphatic rings. The van der Waals surface area contributed by atoms with Crippen LogP contribution in [0.15, 0.2) is 57.9 Å². The molecule has 94 valence electrons. The third kappa shape index (κ3) is 3.57. The molecule has 1 unspecified atom stereocenters. The summed E-state index contributed by atoms with van der Waals surface area (Å²) >= 11 is 5.05. The predicted octanol–water partition coefficient (Wildman–Crippen LogP) is 4.38. The van der Waals surface area contributed by atoms with E-state index in [4.69, 9.17) is 5.73 Å². The third-order valence-electron chi connectivity index (χ3n) is 2.53. The Labute approximate surface area is 119 Å². The minimum absolute atomic E-state index is 0.236. The first-order chi connectivity index (χ1) is 8.66. The smallest absolute Gasteiger partial charge is 0.128 e. The maximum absolute atomic E-state index is 13.5. The number of thioether (sulfide) groups is 1. The van der Waals surface area contributed by atoms with E-state index < -0.39 is 0 Å². The van der Waals surface area contributed by atoms with Crippen molar-refractivity contribution < 1.29 is 4.39 Å². The van der Waals surface area contributed by atoms with E-state index >= 15 is 0 Å². The second-order valence-corrected chi connectivity index (χ2v) is 5.91. The van der Waals surface area contributed by atoms with Crippen molar-refractivity contribution in [3.63, 3.8) is 0 Å². The van der Waals surface area contributed by atoms with E-state index in [1.165, 1.54) is 6.07 Å². The largest absolute Gasteiger partial charge is 0.323 e. The molecule has 0 fully saturated rings. The minimum Gasteiger partial charge on any atom is -0.323 e. The fraction of sp³-hybridized carbons (Fsp3) is 0.143. The molecule has 0 aromatic heterocycles. The van der Waals surface area contributed by atoms with Gasteiger partial charge in [-0.2, -0.15) is 0 Å². The molecule has 2 rings (SSSR count). The zero-order valence-electron chi connectivity index (χ0n) is 9.64. The number of benzene rings is 2. The van der Waals surface area contributed by atoms with Gasteiger partial charge in [-0.25, -0.2) is 4.39 Å². The molecule has 1 atom stereocenters. The highest BCUT2D eigenvalue weighted by molar-refractivity contribution is 9.10. The minimum atomic E-state index is -0.296. The number of rotatable bonds is 4. The van der Waals surface area contributed by atoms with Gasteiger partial charge in [0, 0.05) is 26.7 Å². The number of hydrogen-bond acceptors (Lipinski definition) is 2. The van der Waals surface area contributed by atoms with Crippen LogP contribution in [0.25, 0.3) is 0 Å². The number of halogens is 2. The lowest BCUT2D eigenvalue weighted by atomic mass is 10.1. The van der Waals surface area contributed by atoms with Gasteiger partial charge in [-0.1, -0.05) is 40.2 Å². The van der Waals surface area contributed by atoms with Crippen LogP contribution >= 0.6 is 27.7 Å². The van der Waals surface area contributed by atoms with Gasteiger partial charge in [-0.15, -0.1) is 11.8 Å². The van der Waals surface area contributed by atoms with Gasteiger partial charge in [0.05, 0.1) is 0 Å². The van der Waals surface area contributed by atoms with Crippen LogP contribution in [0.1, 0.15) is 11.6 Å². The Bertz CT molecular complexity index is 533. The SMILES string of the molecule is NC(CSc1cccc(Br)c1)c1ccccc1F. The lowest BCUT2D eigenvalue weighted by Crippen LogP contribution is -2.14. The third-order valence-corrected chi connectivity index (χ3v) is 4.14. The van der Waals surface area contributed by atoms with Gasteiger partial charge in [0.2, 0.25) is 0 Å². The summed E-state index contributed by atoms with van der Waals surface area (Å²) in [5, 5.41) is 0. The molecule has 0 saturated carbocycles. The van der Waals surface area contributed by atoms with Crippen LogP contribution in [0, 0.1) is 5.82 Å². The average molecular weight is 326 g/mol. The molecule has 4 heteroatoms. The van der Waals surface area contributed by atoms with E-state index in [0.29, 0.717) is 11.3 Å². The zero-order valence-corrected chi connectivity index (χ0v) is 12.0. The Kier molecular flexibility index (Phi) is 4.80. The van der Waals surface area contributed by atoms with Crippen molar-refractivity contribution in [1.82, 2.24) is 0 Å². The number of nitrogens with two attached hydrogens (primary N) is 1. The topological polar surface area (TPSA) is 26.0 Å². The molecule has 0 radical (unpaired) electrons. The summed E-state index contributed by atoms with van der Waals surface area (Å²) in [4.78, 5) is 1.12. The van der Waals surface area contributed by atoms with Gasteiger partial charge in [-0.05, 0) is 24.3 Å². The predicted molar refractivity (Wildman–Crippen MR) is 78.2 cm³/mol. The molecule has 0 bridgehead atoms. The quantitative estimate of drug-likeness (QED) is 0.844. The molecule has 0 spiro atoms. The Morgan fingerprint density at radius 1 is 1.17 bits per heavy atom. The molecule has 0 heterocycles. The highest BCUT2D eigenvalue weighted by Crippen LogP contribution is 2.26. The fourth-order valence-electron chi connectivity index (χ4n) is 1.61. The van der Waals surface area contributed by atoms with E-state index in [0.717, 1.165) is 9.37 Å². The molecule has 18 heavy (non-hydrogen) atoms. The Morgan fingerprint density at radius 2 is 1.94 bits per heavy atom. The van der Waals surface area contributed by atoms with E-state index in [-0.39, 0.29) is 11.9 Å². The molecule has 0 amide bonds. The summed E-state index contributed by atoms with van der Waals surface area (Å²) in [7, 11) is 0. The van der Waals surface area contributed by atoms with Crippen molar-refractivity contribution in [3.05, 3.63) is 64.4 Å². The maximum atomic E-state index is 13.5. The average Bonchev–Trinajstić information content (AvgIpc) is 2.37. The first kappa shape index (κ1) is 13.6. The van der Waals surface area contributed by atoms with Crippen molar-refractivity contribution >= 4 is 27.7 Å². The highest BCUT2D eigenvalue weighted by atomic mass is 79.9. The molecule has 0 aliphatic heterocycles. The highest BCUT2D eigenvalue weighted by Gasteiger charge is 2.11. The van der Waals surface area contributed by atoms with Gasteiger partial charge < -0.3 is 5.73 Å². The van der Waals surface area contributed by atoms with Gasteiger partial charge in [0.15, 0.2) is 0 Å². The second kappa shape index (κ2) is 6.36. The molecule has 2 N–H and O–H groups in total. The van der Waals surface area contributed by atoms with E-state index in [1.54, 1.807) is 23.9 Å². The van der Waals surface area contributed by atoms with E-state index in [1.807, 2.05) is 30.3 Å². The summed E-state index contributed by atoms with van der Waals surface area (Å²) in [6.07, 6.45) is 0. The normalized spacial score (nSPS) is 12.4. The monoisotopic (exact) mass is 325 g/mol. The van der Waals surface area contributed by atoms with Crippen LogP contribution < -0.4 is 5.73 Å². The van der Waals surface area contributed by atoms with Crippen LogP contribution in [0.5, 0.6) is 0 Å². The van der Waals surface area contributed by atoms with E-state index in [2.05, 4.69) is 15.9 Å². The Morgan fingerprint density at radius 3 is 2.67 bits per heavy atom. The second-order valence-electron chi connectivity index (χ2n) is 3.90. The summed E-state index contributed by atoms with van der Waals surface area (Å²) in [5.74, 6) is 0.414. The molecule has 0 aliphatic carbocycles. The summed E-state index contributed by atoms with van der Waals surface area (Å²) in [6, 6.07) is 14.4. The van der Waals surface area contributed by atoms with Crippen molar-refractivity contribution in [3.8, 4) is 0 Å². The first-order valence-corrected chi connectivity index (χ1v) is 7.33. The summed E-state index contributed by atoms with van der Waals surface area (Å²) in [6.45, 7) is 0. The van der Waals surface area contributed by atoms with Crippen molar-refractivity contribution in [2.45, 2.75) is 10.9 Å². The van der Waals surface area contributed by atoms with Crippen LogP contribution in [0.2, 0.25) is 0 Å². The molecule has 2 aromatic rings. The van der Waals surface area contributed by atoms with Crippen molar-refractivity contribution in [2.24, 2.45) is 5.73 Å². The van der Waals surface area contributed by atoms with Crippen molar-refractivity contribution in [2.75, 3.05) is 5.75 Å². The molecule has 2 aromatic carbocycles. The molecular weight excluding hydrogens is 313 g/mol. The standard InChI is InChI=1S/C14H13BrFNS/c15-10-4-3-5-11(8-10)18-9-14(17)12-6-1-2-7-13(12)16/h1-8,14H,9,17H2. The van der Waals surface area contributed by atoms with Crippen LogP contribution in [-0.4, -0.2) is 5.75 Å². The Balaban J connectivity index is 2.00. The first-order valence-electron chi connectivity index (χ1n) is 5.55. The van der Waals surface area contributed by atoms with Gasteiger partial charge >= 0.3 is 0 Å². The molecular formula is C14H13BrFNS. The zero-order chi connectivity index (χ0) is 13.0. The Hall–Kier alpha value is -0.840. The van der Waals surface area contributed by atoms with Gasteiger partial charge in [-0.3, -0.25) is 0 Å². The van der Waals surface area contributed by atoms with Crippen LogP contribution in [-0.2, 0) is 0 Å². The van der Waals surface area contributed by atoms with Gasteiger partial charge in [0.1, 0.15) is 5.82 Å². The lowest BCUT2D eigenvalue weighted by Gasteiger charge is -2.12.